The van der Waals surface area contributed by atoms with E-state index in [1.54, 1.807) is 0 Å². The first-order chi connectivity index (χ1) is 7.65. The number of hydrogen-bond acceptors (Lipinski definition) is 2. The third-order valence-corrected chi connectivity index (χ3v) is 2.09. The third kappa shape index (κ3) is 2.98. The summed E-state index contributed by atoms with van der Waals surface area (Å²) >= 11 is 0. The molecule has 1 aromatic rings. The average molecular weight is 282 g/mol. The highest BCUT2D eigenvalue weighted by molar-refractivity contribution is 7.47. The fourth-order valence-electron chi connectivity index (χ4n) is 0.917. The average Bonchev–Trinajstić information content (AvgIpc) is 2.22. The molecule has 0 aliphatic heterocycles. The molecule has 0 radical (unpaired) electrons. The molecular formula is C7H2F7O2P. The van der Waals surface area contributed by atoms with Gasteiger partial charge in [-0.1, -0.05) is 0 Å². The topological polar surface area (TPSA) is 26.3 Å². The second kappa shape index (κ2) is 4.66. The minimum Gasteiger partial charge on any atom is -0.275 e. The van der Waals surface area contributed by atoms with Crippen molar-refractivity contribution in [2.24, 2.45) is 0 Å². The zero-order valence-electron chi connectivity index (χ0n) is 7.62. The summed E-state index contributed by atoms with van der Waals surface area (Å²) in [6, 6.07) is 0. The molecule has 0 fully saturated rings. The van der Waals surface area contributed by atoms with Gasteiger partial charge in [0.05, 0.1) is 12.2 Å². The number of rotatable bonds is 3. The molecule has 1 rings (SSSR count). The molecule has 0 aliphatic rings. The summed E-state index contributed by atoms with van der Waals surface area (Å²) in [6.07, 6.45) is 0. The molecule has 0 spiro atoms. The van der Waals surface area contributed by atoms with Gasteiger partial charge in [-0.3, -0.25) is 4.52 Å². The van der Waals surface area contributed by atoms with Gasteiger partial charge in [0.2, 0.25) is 5.82 Å². The van der Waals surface area contributed by atoms with Crippen LogP contribution in [-0.4, -0.2) is 0 Å². The molecule has 0 bridgehead atoms. The second-order valence-electron chi connectivity index (χ2n) is 2.74. The van der Waals surface area contributed by atoms with Crippen LogP contribution in [0.2, 0.25) is 0 Å². The van der Waals surface area contributed by atoms with Crippen LogP contribution >= 0.6 is 7.99 Å². The zero-order chi connectivity index (χ0) is 13.4. The first-order valence-corrected chi connectivity index (χ1v) is 5.20. The molecule has 0 saturated carbocycles. The maximum Gasteiger partial charge on any atom is 0.552 e. The van der Waals surface area contributed by atoms with E-state index in [4.69, 9.17) is 0 Å². The first kappa shape index (κ1) is 14.0. The van der Waals surface area contributed by atoms with Gasteiger partial charge in [0, 0.05) is 0 Å². The first-order valence-electron chi connectivity index (χ1n) is 3.79. The lowest BCUT2D eigenvalue weighted by Crippen LogP contribution is -2.07. The molecule has 0 aromatic heterocycles. The molecule has 0 N–H and O–H groups in total. The van der Waals surface area contributed by atoms with Crippen molar-refractivity contribution in [3.05, 3.63) is 34.6 Å². The van der Waals surface area contributed by atoms with Gasteiger partial charge in [0.15, 0.2) is 23.3 Å². The summed E-state index contributed by atoms with van der Waals surface area (Å²) in [7, 11) is -6.08. The Kier molecular flexibility index (Phi) is 3.83. The Morgan fingerprint density at radius 1 is 0.824 bits per heavy atom. The van der Waals surface area contributed by atoms with Crippen molar-refractivity contribution in [2.45, 2.75) is 6.61 Å². The van der Waals surface area contributed by atoms with E-state index in [1.165, 1.54) is 0 Å². The summed E-state index contributed by atoms with van der Waals surface area (Å²) in [6.45, 7) is -1.70. The van der Waals surface area contributed by atoms with Crippen LogP contribution in [0.3, 0.4) is 0 Å². The Labute approximate surface area is 89.7 Å². The van der Waals surface area contributed by atoms with Crippen molar-refractivity contribution in [3.63, 3.8) is 0 Å². The van der Waals surface area contributed by atoms with Crippen LogP contribution in [0.1, 0.15) is 5.56 Å². The molecule has 0 amide bonds. The van der Waals surface area contributed by atoms with Gasteiger partial charge in [0.1, 0.15) is 0 Å². The summed E-state index contributed by atoms with van der Waals surface area (Å²) in [5.41, 5.74) is -1.61. The van der Waals surface area contributed by atoms with Gasteiger partial charge in [-0.15, -0.1) is 8.39 Å². The Hall–Kier alpha value is -1.08. The van der Waals surface area contributed by atoms with E-state index in [-0.39, 0.29) is 0 Å². The fraction of sp³-hybridized carbons (Fsp3) is 0.143. The van der Waals surface area contributed by atoms with Crippen LogP contribution in [-0.2, 0) is 15.7 Å². The Balaban J connectivity index is 3.21. The largest absolute Gasteiger partial charge is 0.552 e. The molecular weight excluding hydrogens is 280 g/mol. The molecule has 17 heavy (non-hydrogen) atoms. The lowest BCUT2D eigenvalue weighted by molar-refractivity contribution is 0.233. The van der Waals surface area contributed by atoms with Crippen molar-refractivity contribution in [1.29, 1.82) is 0 Å². The van der Waals surface area contributed by atoms with Crippen LogP contribution in [0.4, 0.5) is 30.3 Å². The van der Waals surface area contributed by atoms with Gasteiger partial charge < -0.3 is 0 Å². The monoisotopic (exact) mass is 282 g/mol. The fourth-order valence-corrected chi connectivity index (χ4v) is 1.20. The quantitative estimate of drug-likeness (QED) is 0.363. The van der Waals surface area contributed by atoms with Crippen molar-refractivity contribution < 1.29 is 39.4 Å². The van der Waals surface area contributed by atoms with Crippen LogP contribution < -0.4 is 0 Å². The standard InChI is InChI=1S/C7H2F7O2P/c8-3-2(1-16-17(13,14)15)4(9)6(11)7(12)5(3)10/h1H2. The van der Waals surface area contributed by atoms with Gasteiger partial charge >= 0.3 is 7.99 Å². The summed E-state index contributed by atoms with van der Waals surface area (Å²) in [5, 5.41) is 0. The molecule has 96 valence electrons. The van der Waals surface area contributed by atoms with E-state index in [9.17, 15) is 34.9 Å². The van der Waals surface area contributed by atoms with E-state index in [1.807, 2.05) is 0 Å². The van der Waals surface area contributed by atoms with Gasteiger partial charge in [-0.05, 0) is 0 Å². The van der Waals surface area contributed by atoms with E-state index in [2.05, 4.69) is 4.52 Å². The highest BCUT2D eigenvalue weighted by Crippen LogP contribution is 2.51. The molecule has 2 nitrogen and oxygen atoms in total. The van der Waals surface area contributed by atoms with Crippen LogP contribution in [0.25, 0.3) is 0 Å². The third-order valence-electron chi connectivity index (χ3n) is 1.66. The number of benzene rings is 1. The lowest BCUT2D eigenvalue weighted by atomic mass is 10.2. The van der Waals surface area contributed by atoms with E-state index >= 15 is 0 Å². The number of hydrogen-bond donors (Lipinski definition) is 0. The van der Waals surface area contributed by atoms with E-state index in [0.29, 0.717) is 0 Å². The second-order valence-corrected chi connectivity index (χ2v) is 3.82. The Morgan fingerprint density at radius 2 is 1.18 bits per heavy atom. The van der Waals surface area contributed by atoms with Crippen LogP contribution in [0.5, 0.6) is 0 Å². The lowest BCUT2D eigenvalue weighted by Gasteiger charge is -2.07. The molecule has 0 unspecified atom stereocenters. The summed E-state index contributed by atoms with van der Waals surface area (Å²) in [4.78, 5) is 0. The van der Waals surface area contributed by atoms with Crippen molar-refractivity contribution in [2.75, 3.05) is 0 Å². The van der Waals surface area contributed by atoms with E-state index in [0.717, 1.165) is 0 Å². The Morgan fingerprint density at radius 3 is 1.53 bits per heavy atom. The van der Waals surface area contributed by atoms with Gasteiger partial charge in [-0.2, -0.15) is 0 Å². The van der Waals surface area contributed by atoms with Crippen molar-refractivity contribution in [3.8, 4) is 0 Å². The molecule has 0 saturated heterocycles. The normalized spacial score (nSPS) is 11.9. The predicted molar refractivity (Wildman–Crippen MR) is 40.8 cm³/mol. The molecule has 10 heteroatoms. The van der Waals surface area contributed by atoms with Crippen LogP contribution in [0.15, 0.2) is 0 Å². The maximum absolute atomic E-state index is 12.8. The summed E-state index contributed by atoms with van der Waals surface area (Å²) in [5.74, 6) is -11.6. The number of halogens is 7. The van der Waals surface area contributed by atoms with Crippen molar-refractivity contribution in [1.82, 2.24) is 0 Å². The van der Waals surface area contributed by atoms with Crippen LogP contribution in [0, 0.1) is 29.1 Å². The van der Waals surface area contributed by atoms with E-state index < -0.39 is 49.2 Å². The predicted octanol–water partition coefficient (Wildman–Crippen LogP) is 3.95. The Bertz CT molecular complexity index is 468. The minimum atomic E-state index is -6.08. The zero-order valence-corrected chi connectivity index (χ0v) is 8.51. The van der Waals surface area contributed by atoms with Crippen molar-refractivity contribution >= 4 is 7.99 Å². The minimum absolute atomic E-state index is 1.61. The molecule has 0 atom stereocenters. The molecule has 1 aromatic carbocycles. The van der Waals surface area contributed by atoms with Gasteiger partial charge in [0.25, 0.3) is 0 Å². The SMILES string of the molecule is O=P(F)(F)OCc1c(F)c(F)c(F)c(F)c1F. The summed E-state index contributed by atoms with van der Waals surface area (Å²) < 4.78 is 99.8. The molecule has 0 heterocycles. The highest BCUT2D eigenvalue weighted by atomic mass is 31.2. The maximum atomic E-state index is 12.8. The smallest absolute Gasteiger partial charge is 0.275 e. The highest BCUT2D eigenvalue weighted by Gasteiger charge is 2.28. The van der Waals surface area contributed by atoms with Gasteiger partial charge in [-0.25, -0.2) is 26.5 Å². The molecule has 0 aliphatic carbocycles.